The summed E-state index contributed by atoms with van der Waals surface area (Å²) in [6, 6.07) is 0.590. The van der Waals surface area contributed by atoms with E-state index in [-0.39, 0.29) is 5.56 Å². The summed E-state index contributed by atoms with van der Waals surface area (Å²) in [5.74, 6) is 1.53. The molecule has 4 rings (SSSR count). The molecule has 2 aliphatic rings. The van der Waals surface area contributed by atoms with E-state index in [1.165, 1.54) is 51.4 Å². The average molecular weight is 344 g/mol. The molecule has 0 N–H and O–H groups in total. The maximum Gasteiger partial charge on any atom is 0.298 e. The summed E-state index contributed by atoms with van der Waals surface area (Å²) in [5, 5.41) is 9.27. The predicted octanol–water partition coefficient (Wildman–Crippen LogP) is 3.39. The number of aryl methyl sites for hydroxylation is 2. The van der Waals surface area contributed by atoms with Gasteiger partial charge in [0.25, 0.3) is 5.56 Å². The molecule has 1 aliphatic carbocycles. The molecular formula is C19H28N4O2. The fourth-order valence-electron chi connectivity index (χ4n) is 4.77. The quantitative estimate of drug-likeness (QED) is 0.850. The summed E-state index contributed by atoms with van der Waals surface area (Å²) in [5.41, 5.74) is 1.09. The number of likely N-dealkylation sites (tertiary alicyclic amines) is 1. The van der Waals surface area contributed by atoms with E-state index in [1.54, 1.807) is 4.68 Å². The van der Waals surface area contributed by atoms with E-state index >= 15 is 0 Å². The van der Waals surface area contributed by atoms with Crippen LogP contribution in [0.4, 0.5) is 0 Å². The van der Waals surface area contributed by atoms with Crippen LogP contribution in [0.5, 0.6) is 0 Å². The van der Waals surface area contributed by atoms with Crippen LogP contribution < -0.4 is 5.56 Å². The Morgan fingerprint density at radius 3 is 2.72 bits per heavy atom. The lowest BCUT2D eigenvalue weighted by molar-refractivity contribution is 0.153. The van der Waals surface area contributed by atoms with Crippen LogP contribution in [0.25, 0.3) is 10.9 Å². The first-order valence-corrected chi connectivity index (χ1v) is 9.71. The molecular weight excluding hydrogens is 316 g/mol. The van der Waals surface area contributed by atoms with Gasteiger partial charge in [0.1, 0.15) is 5.76 Å². The average Bonchev–Trinajstić information content (AvgIpc) is 3.20. The molecule has 2 aromatic heterocycles. The number of nitrogens with zero attached hydrogens (tertiary/aromatic N) is 4. The van der Waals surface area contributed by atoms with Crippen LogP contribution in [0.1, 0.15) is 62.8 Å². The van der Waals surface area contributed by atoms with Gasteiger partial charge >= 0.3 is 0 Å². The van der Waals surface area contributed by atoms with Crippen LogP contribution in [-0.2, 0) is 6.67 Å². The molecule has 1 atom stereocenters. The first-order valence-electron chi connectivity index (χ1n) is 9.71. The molecule has 3 heterocycles. The number of hydrogen-bond acceptors (Lipinski definition) is 5. The maximum absolute atomic E-state index is 12.7. The highest BCUT2D eigenvalue weighted by molar-refractivity contribution is 5.81. The monoisotopic (exact) mass is 344 g/mol. The summed E-state index contributed by atoms with van der Waals surface area (Å²) in [4.78, 5) is 15.2. The van der Waals surface area contributed by atoms with Gasteiger partial charge in [-0.2, -0.15) is 5.10 Å². The lowest BCUT2D eigenvalue weighted by atomic mass is 9.84. The van der Waals surface area contributed by atoms with Gasteiger partial charge in [-0.25, -0.2) is 4.68 Å². The van der Waals surface area contributed by atoms with Crippen molar-refractivity contribution in [2.45, 2.75) is 77.9 Å². The fraction of sp³-hybridized carbons (Fsp3) is 0.737. The van der Waals surface area contributed by atoms with Gasteiger partial charge in [-0.05, 0) is 39.0 Å². The third kappa shape index (κ3) is 3.24. The highest BCUT2D eigenvalue weighted by atomic mass is 16.5. The van der Waals surface area contributed by atoms with Gasteiger partial charge in [0.2, 0.25) is 0 Å². The molecule has 25 heavy (non-hydrogen) atoms. The van der Waals surface area contributed by atoms with Gasteiger partial charge in [0.05, 0.1) is 17.7 Å². The molecule has 1 saturated heterocycles. The van der Waals surface area contributed by atoms with E-state index in [0.29, 0.717) is 24.0 Å². The van der Waals surface area contributed by atoms with Gasteiger partial charge in [-0.15, -0.1) is 0 Å². The molecule has 6 heteroatoms. The van der Waals surface area contributed by atoms with Crippen molar-refractivity contribution in [3.8, 4) is 0 Å². The fourth-order valence-corrected chi connectivity index (χ4v) is 4.77. The Bertz CT molecular complexity index is 804. The Balaban J connectivity index is 1.53. The standard InChI is InChI=1S/C19H28N4O2/c1-13-17-14(2)25-21-18(17)19(24)23(20-13)12-22-10-6-9-16(22)11-15-7-4-3-5-8-15/h15-16H,3-12H2,1-2H3. The third-order valence-electron chi connectivity index (χ3n) is 6.08. The Labute approximate surface area is 148 Å². The Morgan fingerprint density at radius 2 is 1.92 bits per heavy atom. The SMILES string of the molecule is Cc1nn(CN2CCCC2CC2CCCCC2)c(=O)c2noc(C)c12. The summed E-state index contributed by atoms with van der Waals surface area (Å²) in [7, 11) is 0. The van der Waals surface area contributed by atoms with Crippen LogP contribution in [0.2, 0.25) is 0 Å². The minimum Gasteiger partial charge on any atom is -0.360 e. The van der Waals surface area contributed by atoms with Crippen molar-refractivity contribution in [2.75, 3.05) is 6.54 Å². The highest BCUT2D eigenvalue weighted by Crippen LogP contribution is 2.32. The Kier molecular flexibility index (Phi) is 4.63. The topological polar surface area (TPSA) is 64.2 Å². The van der Waals surface area contributed by atoms with Crippen LogP contribution in [0.3, 0.4) is 0 Å². The van der Waals surface area contributed by atoms with Crippen molar-refractivity contribution < 1.29 is 4.52 Å². The Hall–Kier alpha value is -1.69. The zero-order valence-corrected chi connectivity index (χ0v) is 15.3. The number of rotatable bonds is 4. The zero-order valence-electron chi connectivity index (χ0n) is 15.3. The summed E-state index contributed by atoms with van der Waals surface area (Å²) < 4.78 is 6.79. The summed E-state index contributed by atoms with van der Waals surface area (Å²) >= 11 is 0. The lowest BCUT2D eigenvalue weighted by Crippen LogP contribution is -2.38. The molecule has 0 amide bonds. The molecule has 136 valence electrons. The molecule has 1 saturated carbocycles. The van der Waals surface area contributed by atoms with E-state index in [2.05, 4.69) is 15.2 Å². The molecule has 0 bridgehead atoms. The summed E-state index contributed by atoms with van der Waals surface area (Å²) in [6.45, 7) is 5.37. The van der Waals surface area contributed by atoms with Crippen LogP contribution in [0, 0.1) is 19.8 Å². The van der Waals surface area contributed by atoms with Crippen molar-refractivity contribution in [3.05, 3.63) is 21.8 Å². The molecule has 0 aromatic carbocycles. The molecule has 1 unspecified atom stereocenters. The van der Waals surface area contributed by atoms with Crippen LogP contribution in [-0.4, -0.2) is 32.4 Å². The third-order valence-corrected chi connectivity index (χ3v) is 6.08. The highest BCUT2D eigenvalue weighted by Gasteiger charge is 2.29. The van der Waals surface area contributed by atoms with Crippen molar-refractivity contribution >= 4 is 10.9 Å². The van der Waals surface area contributed by atoms with E-state index in [1.807, 2.05) is 13.8 Å². The molecule has 2 fully saturated rings. The van der Waals surface area contributed by atoms with E-state index in [4.69, 9.17) is 4.52 Å². The van der Waals surface area contributed by atoms with Crippen LogP contribution >= 0.6 is 0 Å². The second-order valence-electron chi connectivity index (χ2n) is 7.84. The van der Waals surface area contributed by atoms with Gasteiger partial charge < -0.3 is 4.52 Å². The van der Waals surface area contributed by atoms with Gasteiger partial charge in [0, 0.05) is 12.6 Å². The molecule has 2 aromatic rings. The zero-order chi connectivity index (χ0) is 17.4. The number of hydrogen-bond donors (Lipinski definition) is 0. The van der Waals surface area contributed by atoms with Crippen molar-refractivity contribution in [2.24, 2.45) is 5.92 Å². The molecule has 0 radical (unpaired) electrons. The maximum atomic E-state index is 12.7. The van der Waals surface area contributed by atoms with E-state index in [0.717, 1.165) is 23.5 Å². The minimum atomic E-state index is -0.138. The second kappa shape index (κ2) is 6.90. The summed E-state index contributed by atoms with van der Waals surface area (Å²) in [6.07, 6.45) is 10.7. The van der Waals surface area contributed by atoms with Gasteiger partial charge in [0.15, 0.2) is 5.52 Å². The minimum absolute atomic E-state index is 0.138. The first kappa shape index (κ1) is 16.8. The predicted molar refractivity (Wildman–Crippen MR) is 96.5 cm³/mol. The Morgan fingerprint density at radius 1 is 1.12 bits per heavy atom. The number of fused-ring (bicyclic) bond motifs is 1. The lowest BCUT2D eigenvalue weighted by Gasteiger charge is -2.30. The second-order valence-corrected chi connectivity index (χ2v) is 7.84. The van der Waals surface area contributed by atoms with Gasteiger partial charge in [-0.1, -0.05) is 37.3 Å². The molecule has 0 spiro atoms. The largest absolute Gasteiger partial charge is 0.360 e. The first-order chi connectivity index (χ1) is 12.1. The molecule has 1 aliphatic heterocycles. The van der Waals surface area contributed by atoms with Crippen molar-refractivity contribution in [1.82, 2.24) is 19.8 Å². The van der Waals surface area contributed by atoms with Gasteiger partial charge in [-0.3, -0.25) is 9.69 Å². The van der Waals surface area contributed by atoms with Crippen molar-refractivity contribution in [3.63, 3.8) is 0 Å². The number of aromatic nitrogens is 3. The smallest absolute Gasteiger partial charge is 0.298 e. The van der Waals surface area contributed by atoms with E-state index < -0.39 is 0 Å². The van der Waals surface area contributed by atoms with Crippen LogP contribution in [0.15, 0.2) is 9.32 Å². The molecule has 6 nitrogen and oxygen atoms in total. The normalized spacial score (nSPS) is 22.9. The van der Waals surface area contributed by atoms with E-state index in [9.17, 15) is 4.79 Å². The van der Waals surface area contributed by atoms with Crippen molar-refractivity contribution in [1.29, 1.82) is 0 Å².